The second kappa shape index (κ2) is 6.19. The lowest BCUT2D eigenvalue weighted by molar-refractivity contribution is -0.137. The average Bonchev–Trinajstić information content (AvgIpc) is 2.69. The van der Waals surface area contributed by atoms with E-state index in [1.54, 1.807) is 0 Å². The van der Waals surface area contributed by atoms with Crippen molar-refractivity contribution in [2.24, 2.45) is 0 Å². The summed E-state index contributed by atoms with van der Waals surface area (Å²) in [4.78, 5) is 24.6. The summed E-state index contributed by atoms with van der Waals surface area (Å²) in [6, 6.07) is 5.78. The molecule has 0 aliphatic carbocycles. The fourth-order valence-electron chi connectivity index (χ4n) is 1.93. The second-order valence-corrected chi connectivity index (χ2v) is 5.22. The summed E-state index contributed by atoms with van der Waals surface area (Å²) in [5.41, 5.74) is 2.11. The highest BCUT2D eigenvalue weighted by atomic mass is 79.9. The van der Waals surface area contributed by atoms with Crippen LogP contribution in [0.1, 0.15) is 12.5 Å². The van der Waals surface area contributed by atoms with Crippen LogP contribution in [0.15, 0.2) is 34.4 Å². The molecule has 1 aliphatic rings. The van der Waals surface area contributed by atoms with Gasteiger partial charge in [-0.15, -0.1) is 0 Å². The fraction of sp³-hybridized carbons (Fsp3) is 0.286. The molecule has 2 rings (SSSR count). The first-order valence-electron chi connectivity index (χ1n) is 6.30. The van der Waals surface area contributed by atoms with Crippen LogP contribution in [0.5, 0.6) is 0 Å². The van der Waals surface area contributed by atoms with Gasteiger partial charge in [0.1, 0.15) is 5.70 Å². The first-order valence-corrected chi connectivity index (χ1v) is 7.10. The van der Waals surface area contributed by atoms with E-state index >= 15 is 0 Å². The van der Waals surface area contributed by atoms with Crippen molar-refractivity contribution in [1.29, 1.82) is 0 Å². The van der Waals surface area contributed by atoms with Crippen LogP contribution in [-0.2, 0) is 16.0 Å². The smallest absolute Gasteiger partial charge is 0.277 e. The zero-order chi connectivity index (χ0) is 14.7. The Hall–Kier alpha value is -1.66. The molecule has 6 heteroatoms. The number of hydrogen-bond donors (Lipinski definition) is 2. The number of carbonyl (C=O) groups excluding carboxylic acids is 2. The van der Waals surface area contributed by atoms with Crippen LogP contribution in [0.4, 0.5) is 5.69 Å². The molecule has 0 unspecified atom stereocenters. The molecule has 0 bridgehead atoms. The summed E-state index contributed by atoms with van der Waals surface area (Å²) in [5.74, 6) is -0.830. The Balaban J connectivity index is 2.17. The number of rotatable bonds is 5. The number of aryl methyl sites for hydroxylation is 1. The standard InChI is InChI=1S/C14H15BrN2O3/c1-2-9-3-4-11(10(15)7-9)16-12-8-13(19)17(5-6-18)14(12)20/h3-4,7-8,16,18H,2,5-6H2,1H3. The number of amides is 2. The number of halogens is 1. The third-order valence-electron chi connectivity index (χ3n) is 3.04. The van der Waals surface area contributed by atoms with Crippen LogP contribution >= 0.6 is 15.9 Å². The molecule has 0 saturated carbocycles. The number of imide groups is 1. The zero-order valence-electron chi connectivity index (χ0n) is 11.0. The summed E-state index contributed by atoms with van der Waals surface area (Å²) in [6.07, 6.45) is 2.17. The van der Waals surface area contributed by atoms with Crippen molar-refractivity contribution in [3.63, 3.8) is 0 Å². The molecule has 0 saturated heterocycles. The van der Waals surface area contributed by atoms with E-state index < -0.39 is 11.8 Å². The van der Waals surface area contributed by atoms with Gasteiger partial charge in [-0.3, -0.25) is 14.5 Å². The van der Waals surface area contributed by atoms with E-state index in [2.05, 4.69) is 28.2 Å². The number of anilines is 1. The van der Waals surface area contributed by atoms with E-state index in [1.165, 1.54) is 11.6 Å². The van der Waals surface area contributed by atoms with E-state index in [9.17, 15) is 9.59 Å². The molecule has 0 atom stereocenters. The maximum absolute atomic E-state index is 12.0. The molecule has 0 spiro atoms. The Morgan fingerprint density at radius 1 is 1.35 bits per heavy atom. The number of carbonyl (C=O) groups is 2. The maximum Gasteiger partial charge on any atom is 0.277 e. The van der Waals surface area contributed by atoms with Gasteiger partial charge in [0.2, 0.25) is 0 Å². The summed E-state index contributed by atoms with van der Waals surface area (Å²) in [7, 11) is 0. The number of nitrogens with one attached hydrogen (secondary N) is 1. The highest BCUT2D eigenvalue weighted by molar-refractivity contribution is 9.10. The van der Waals surface area contributed by atoms with Gasteiger partial charge in [0, 0.05) is 10.5 Å². The Morgan fingerprint density at radius 2 is 2.10 bits per heavy atom. The third-order valence-corrected chi connectivity index (χ3v) is 3.70. The topological polar surface area (TPSA) is 69.6 Å². The van der Waals surface area contributed by atoms with Crippen molar-refractivity contribution < 1.29 is 14.7 Å². The summed E-state index contributed by atoms with van der Waals surface area (Å²) in [6.45, 7) is 1.83. The van der Waals surface area contributed by atoms with Crippen molar-refractivity contribution in [3.8, 4) is 0 Å². The van der Waals surface area contributed by atoms with Crippen molar-refractivity contribution in [1.82, 2.24) is 4.90 Å². The van der Waals surface area contributed by atoms with Crippen molar-refractivity contribution in [2.75, 3.05) is 18.5 Å². The fourth-order valence-corrected chi connectivity index (χ4v) is 2.46. The van der Waals surface area contributed by atoms with Gasteiger partial charge in [0.25, 0.3) is 11.8 Å². The van der Waals surface area contributed by atoms with Crippen LogP contribution in [-0.4, -0.2) is 35.0 Å². The van der Waals surface area contributed by atoms with Gasteiger partial charge in [0.05, 0.1) is 18.8 Å². The number of nitrogens with zero attached hydrogens (tertiary/aromatic N) is 1. The molecule has 20 heavy (non-hydrogen) atoms. The predicted octanol–water partition coefficient (Wildman–Crippen LogP) is 1.67. The van der Waals surface area contributed by atoms with Gasteiger partial charge in [0.15, 0.2) is 0 Å². The molecular formula is C14H15BrN2O3. The number of aliphatic hydroxyl groups excluding tert-OH is 1. The molecular weight excluding hydrogens is 324 g/mol. The zero-order valence-corrected chi connectivity index (χ0v) is 12.6. The van der Waals surface area contributed by atoms with Gasteiger partial charge in [-0.1, -0.05) is 13.0 Å². The monoisotopic (exact) mass is 338 g/mol. The molecule has 2 amide bonds. The quantitative estimate of drug-likeness (QED) is 0.801. The Bertz CT molecular complexity index is 584. The van der Waals surface area contributed by atoms with Crippen LogP contribution in [0, 0.1) is 0 Å². The lowest BCUT2D eigenvalue weighted by Crippen LogP contribution is -2.34. The van der Waals surface area contributed by atoms with Crippen LogP contribution in [0.2, 0.25) is 0 Å². The van der Waals surface area contributed by atoms with Gasteiger partial charge in [-0.25, -0.2) is 0 Å². The molecule has 0 radical (unpaired) electrons. The molecule has 0 aromatic heterocycles. The minimum atomic E-state index is -0.421. The highest BCUT2D eigenvalue weighted by Crippen LogP contribution is 2.26. The number of benzene rings is 1. The Morgan fingerprint density at radius 3 is 2.70 bits per heavy atom. The molecule has 1 aromatic rings. The van der Waals surface area contributed by atoms with Crippen LogP contribution in [0.3, 0.4) is 0 Å². The molecule has 0 fully saturated rings. The van der Waals surface area contributed by atoms with Gasteiger partial charge in [-0.2, -0.15) is 0 Å². The normalized spacial score (nSPS) is 14.8. The van der Waals surface area contributed by atoms with Gasteiger partial charge < -0.3 is 10.4 Å². The summed E-state index contributed by atoms with van der Waals surface area (Å²) >= 11 is 3.44. The largest absolute Gasteiger partial charge is 0.395 e. The van der Waals surface area contributed by atoms with Gasteiger partial charge >= 0.3 is 0 Å². The van der Waals surface area contributed by atoms with E-state index in [-0.39, 0.29) is 18.8 Å². The van der Waals surface area contributed by atoms with Gasteiger partial charge in [-0.05, 0) is 40.0 Å². The second-order valence-electron chi connectivity index (χ2n) is 4.37. The Labute approximate surface area is 125 Å². The number of aliphatic hydroxyl groups is 1. The van der Waals surface area contributed by atoms with E-state index in [0.717, 1.165) is 21.5 Å². The maximum atomic E-state index is 12.0. The summed E-state index contributed by atoms with van der Waals surface area (Å²) < 4.78 is 0.832. The molecule has 106 valence electrons. The van der Waals surface area contributed by atoms with Crippen molar-refractivity contribution in [2.45, 2.75) is 13.3 Å². The van der Waals surface area contributed by atoms with E-state index in [4.69, 9.17) is 5.11 Å². The van der Waals surface area contributed by atoms with Crippen LogP contribution < -0.4 is 5.32 Å². The molecule has 2 N–H and O–H groups in total. The SMILES string of the molecule is CCc1ccc(NC2=CC(=O)N(CCO)C2=O)c(Br)c1. The summed E-state index contributed by atoms with van der Waals surface area (Å²) in [5, 5.41) is 11.8. The minimum absolute atomic E-state index is 0.00922. The van der Waals surface area contributed by atoms with E-state index in [0.29, 0.717) is 0 Å². The van der Waals surface area contributed by atoms with E-state index in [1.807, 2.05) is 18.2 Å². The average molecular weight is 339 g/mol. The number of β-amino-alcohol motifs (C(OH)–C–C–N with tert-alkyl or cyclic N) is 1. The molecule has 5 nitrogen and oxygen atoms in total. The predicted molar refractivity (Wildman–Crippen MR) is 79.0 cm³/mol. The van der Waals surface area contributed by atoms with Crippen molar-refractivity contribution >= 4 is 33.4 Å². The molecule has 1 aromatic carbocycles. The number of hydrogen-bond acceptors (Lipinski definition) is 4. The molecule has 1 aliphatic heterocycles. The Kier molecular flexibility index (Phi) is 4.57. The minimum Gasteiger partial charge on any atom is -0.395 e. The highest BCUT2D eigenvalue weighted by Gasteiger charge is 2.30. The first kappa shape index (κ1) is 14.7. The molecule has 1 heterocycles. The third kappa shape index (κ3) is 2.91. The van der Waals surface area contributed by atoms with Crippen molar-refractivity contribution in [3.05, 3.63) is 40.0 Å². The lowest BCUT2D eigenvalue weighted by atomic mass is 10.1. The lowest BCUT2D eigenvalue weighted by Gasteiger charge is -2.14. The first-order chi connectivity index (χ1) is 9.56. The van der Waals surface area contributed by atoms with Crippen LogP contribution in [0.25, 0.3) is 0 Å².